The van der Waals surface area contributed by atoms with Gasteiger partial charge >= 0.3 is 0 Å². The van der Waals surface area contributed by atoms with E-state index >= 15 is 0 Å². The smallest absolute Gasteiger partial charge is 0.115 e. The topological polar surface area (TPSA) is 84.3 Å². The van der Waals surface area contributed by atoms with Crippen LogP contribution in [0.1, 0.15) is 18.9 Å². The van der Waals surface area contributed by atoms with E-state index in [1.54, 1.807) is 24.3 Å². The van der Waals surface area contributed by atoms with Gasteiger partial charge in [0, 0.05) is 29.2 Å². The van der Waals surface area contributed by atoms with Crippen LogP contribution in [0.2, 0.25) is 10.0 Å². The number of benzene rings is 2. The van der Waals surface area contributed by atoms with E-state index in [0.717, 1.165) is 23.4 Å². The van der Waals surface area contributed by atoms with Crippen molar-refractivity contribution < 1.29 is 5.11 Å². The molecule has 2 aromatic rings. The van der Waals surface area contributed by atoms with E-state index in [9.17, 15) is 5.11 Å². The third-order valence-electron chi connectivity index (χ3n) is 3.92. The van der Waals surface area contributed by atoms with Gasteiger partial charge in [-0.05, 0) is 48.4 Å². The Labute approximate surface area is 158 Å². The number of phenolic OH excluding ortho intramolecular Hbond substituents is 1. The van der Waals surface area contributed by atoms with Crippen molar-refractivity contribution in [2.24, 2.45) is 11.5 Å². The molecule has 0 aliphatic heterocycles. The van der Waals surface area contributed by atoms with Gasteiger partial charge in [-0.3, -0.25) is 0 Å². The molecule has 2 atom stereocenters. The Hall–Kier alpha value is -1.72. The van der Waals surface area contributed by atoms with Crippen molar-refractivity contribution in [1.29, 1.82) is 0 Å². The van der Waals surface area contributed by atoms with Gasteiger partial charge in [-0.15, -0.1) is 0 Å². The van der Waals surface area contributed by atoms with Crippen LogP contribution in [0.5, 0.6) is 5.75 Å². The van der Waals surface area contributed by atoms with Crippen LogP contribution in [-0.2, 0) is 6.42 Å². The molecule has 6 N–H and O–H groups in total. The molecule has 0 bridgehead atoms. The van der Waals surface area contributed by atoms with Crippen LogP contribution >= 0.6 is 23.2 Å². The van der Waals surface area contributed by atoms with Crippen LogP contribution in [-0.4, -0.2) is 17.2 Å². The highest BCUT2D eigenvalue weighted by atomic mass is 35.5. The first-order valence-corrected chi connectivity index (χ1v) is 8.86. The van der Waals surface area contributed by atoms with Crippen LogP contribution < -0.4 is 16.8 Å². The van der Waals surface area contributed by atoms with Crippen molar-refractivity contribution in [3.05, 3.63) is 69.8 Å². The van der Waals surface area contributed by atoms with Crippen molar-refractivity contribution >= 4 is 28.9 Å². The Bertz CT molecular complexity index is 732. The summed E-state index contributed by atoms with van der Waals surface area (Å²) < 4.78 is 0. The van der Waals surface area contributed by atoms with Crippen molar-refractivity contribution in [3.8, 4) is 5.75 Å². The number of rotatable bonds is 7. The summed E-state index contributed by atoms with van der Waals surface area (Å²) >= 11 is 12.2. The summed E-state index contributed by atoms with van der Waals surface area (Å²) in [4.78, 5) is 0. The largest absolute Gasteiger partial charge is 0.508 e. The molecule has 134 valence electrons. The minimum Gasteiger partial charge on any atom is -0.508 e. The van der Waals surface area contributed by atoms with E-state index in [4.69, 9.17) is 34.7 Å². The van der Waals surface area contributed by atoms with Crippen molar-refractivity contribution in [2.45, 2.75) is 31.8 Å². The highest BCUT2D eigenvalue weighted by Gasteiger charge is 2.12. The predicted octanol–water partition coefficient (Wildman–Crippen LogP) is 4.30. The van der Waals surface area contributed by atoms with Gasteiger partial charge in [0.15, 0.2) is 0 Å². The summed E-state index contributed by atoms with van der Waals surface area (Å²) in [5.41, 5.74) is 14.9. The maximum Gasteiger partial charge on any atom is 0.115 e. The standard InChI is InChI=1S/C19H23Cl2N3O/c1-2-17(22)18(23)11-14(9-12-3-6-15(25)7-4-12)24-19-8-5-13(20)10-16(19)21/h3-8,10-11,17-18,24-25H,2,9,22-23H2,1H3/b14-11-. The van der Waals surface area contributed by atoms with Gasteiger partial charge in [0.05, 0.1) is 10.7 Å². The summed E-state index contributed by atoms with van der Waals surface area (Å²) in [7, 11) is 0. The van der Waals surface area contributed by atoms with Crippen LogP contribution in [0, 0.1) is 0 Å². The maximum absolute atomic E-state index is 9.44. The first-order chi connectivity index (χ1) is 11.9. The molecule has 0 fully saturated rings. The molecule has 0 saturated heterocycles. The van der Waals surface area contributed by atoms with Crippen LogP contribution in [0.15, 0.2) is 54.2 Å². The number of hydrogen-bond acceptors (Lipinski definition) is 4. The first kappa shape index (κ1) is 19.6. The average molecular weight is 380 g/mol. The number of phenols is 1. The first-order valence-electron chi connectivity index (χ1n) is 8.11. The molecular formula is C19H23Cl2N3O. The molecule has 0 aromatic heterocycles. The number of nitrogens with one attached hydrogen (secondary N) is 1. The molecule has 4 nitrogen and oxygen atoms in total. The van der Waals surface area contributed by atoms with Gasteiger partial charge in [-0.25, -0.2) is 0 Å². The Morgan fingerprint density at radius 1 is 1.16 bits per heavy atom. The molecule has 2 unspecified atom stereocenters. The molecule has 0 amide bonds. The van der Waals surface area contributed by atoms with E-state index in [1.165, 1.54) is 0 Å². The molecule has 0 aliphatic carbocycles. The Balaban J connectivity index is 2.27. The minimum absolute atomic E-state index is 0.127. The van der Waals surface area contributed by atoms with Gasteiger partial charge in [0.1, 0.15) is 5.75 Å². The number of halogens is 2. The fraction of sp³-hybridized carbons (Fsp3) is 0.263. The zero-order valence-corrected chi connectivity index (χ0v) is 15.6. The fourth-order valence-corrected chi connectivity index (χ4v) is 2.83. The molecule has 2 rings (SSSR count). The number of aromatic hydroxyl groups is 1. The molecular weight excluding hydrogens is 357 g/mol. The molecule has 0 spiro atoms. The van der Waals surface area contributed by atoms with Crippen molar-refractivity contribution in [1.82, 2.24) is 0 Å². The maximum atomic E-state index is 9.44. The van der Waals surface area contributed by atoms with E-state index < -0.39 is 0 Å². The highest BCUT2D eigenvalue weighted by molar-refractivity contribution is 6.36. The molecule has 0 saturated carbocycles. The molecule has 25 heavy (non-hydrogen) atoms. The third kappa shape index (κ3) is 5.94. The monoisotopic (exact) mass is 379 g/mol. The highest BCUT2D eigenvalue weighted by Crippen LogP contribution is 2.27. The molecule has 0 radical (unpaired) electrons. The van der Waals surface area contributed by atoms with Crippen LogP contribution in [0.25, 0.3) is 0 Å². The summed E-state index contributed by atoms with van der Waals surface area (Å²) in [6.45, 7) is 2.00. The van der Waals surface area contributed by atoms with Gasteiger partial charge < -0.3 is 21.9 Å². The van der Waals surface area contributed by atoms with Gasteiger partial charge in [-0.1, -0.05) is 42.3 Å². The second kappa shape index (κ2) is 9.11. The van der Waals surface area contributed by atoms with Crippen molar-refractivity contribution in [3.63, 3.8) is 0 Å². The minimum atomic E-state index is -0.282. The quantitative estimate of drug-likeness (QED) is 0.577. The lowest BCUT2D eigenvalue weighted by molar-refractivity contribution is 0.475. The lowest BCUT2D eigenvalue weighted by atomic mass is 10.0. The molecule has 6 heteroatoms. The summed E-state index contributed by atoms with van der Waals surface area (Å²) in [6, 6.07) is 11.9. The summed E-state index contributed by atoms with van der Waals surface area (Å²) in [6.07, 6.45) is 3.31. The lowest BCUT2D eigenvalue weighted by Gasteiger charge is -2.19. The third-order valence-corrected chi connectivity index (χ3v) is 4.46. The van der Waals surface area contributed by atoms with Gasteiger partial charge in [0.25, 0.3) is 0 Å². The number of allylic oxidation sites excluding steroid dienone is 1. The Morgan fingerprint density at radius 2 is 1.84 bits per heavy atom. The molecule has 0 aliphatic rings. The summed E-state index contributed by atoms with van der Waals surface area (Å²) in [5.74, 6) is 0.229. The Kier molecular flexibility index (Phi) is 7.14. The fourth-order valence-electron chi connectivity index (χ4n) is 2.37. The van der Waals surface area contributed by atoms with Gasteiger partial charge in [0.2, 0.25) is 0 Å². The van der Waals surface area contributed by atoms with E-state index in [2.05, 4.69) is 5.32 Å². The Morgan fingerprint density at radius 3 is 2.44 bits per heavy atom. The second-order valence-corrected chi connectivity index (χ2v) is 6.78. The average Bonchev–Trinajstić information content (AvgIpc) is 2.58. The second-order valence-electron chi connectivity index (χ2n) is 5.93. The molecule has 0 heterocycles. The molecule has 2 aromatic carbocycles. The van der Waals surface area contributed by atoms with Crippen LogP contribution in [0.4, 0.5) is 5.69 Å². The normalized spacial score (nSPS) is 14.2. The predicted molar refractivity (Wildman–Crippen MR) is 106 cm³/mol. The van der Waals surface area contributed by atoms with E-state index in [0.29, 0.717) is 16.5 Å². The zero-order valence-electron chi connectivity index (χ0n) is 14.0. The van der Waals surface area contributed by atoms with Crippen LogP contribution in [0.3, 0.4) is 0 Å². The number of nitrogens with two attached hydrogens (primary N) is 2. The SMILES string of the molecule is CCC(N)C(N)/C=C(/Cc1ccc(O)cc1)Nc1ccc(Cl)cc1Cl. The zero-order chi connectivity index (χ0) is 18.4. The van der Waals surface area contributed by atoms with Crippen molar-refractivity contribution in [2.75, 3.05) is 5.32 Å². The lowest BCUT2D eigenvalue weighted by Crippen LogP contribution is -2.39. The van der Waals surface area contributed by atoms with Gasteiger partial charge in [-0.2, -0.15) is 0 Å². The summed E-state index contributed by atoms with van der Waals surface area (Å²) in [5, 5.41) is 13.9. The number of hydrogen-bond donors (Lipinski definition) is 4. The van der Waals surface area contributed by atoms with E-state index in [-0.39, 0.29) is 17.8 Å². The number of anilines is 1. The van der Waals surface area contributed by atoms with E-state index in [1.807, 2.05) is 31.2 Å².